The smallest absolute Gasteiger partial charge is 0.253 e. The molecule has 0 saturated heterocycles. The topological polar surface area (TPSA) is 44.4 Å². The van der Waals surface area contributed by atoms with Crippen LogP contribution in [0, 0.1) is 6.92 Å². The molecule has 0 aliphatic carbocycles. The molecular formula is C17H29N3O. The third kappa shape index (κ3) is 5.76. The van der Waals surface area contributed by atoms with Gasteiger partial charge >= 0.3 is 0 Å². The number of carbonyl (C=O) groups is 1. The maximum absolute atomic E-state index is 12.2. The van der Waals surface area contributed by atoms with Gasteiger partial charge < -0.3 is 15.5 Å². The maximum atomic E-state index is 12.2. The first-order valence-electron chi connectivity index (χ1n) is 7.72. The summed E-state index contributed by atoms with van der Waals surface area (Å²) in [6.07, 6.45) is 2.10. The van der Waals surface area contributed by atoms with Gasteiger partial charge in [-0.3, -0.25) is 4.79 Å². The number of hydrogen-bond acceptors (Lipinski definition) is 3. The Balaban J connectivity index is 2.39. The van der Waals surface area contributed by atoms with Crippen LogP contribution in [0.25, 0.3) is 0 Å². The Hall–Kier alpha value is -1.55. The molecule has 0 aliphatic rings. The lowest BCUT2D eigenvalue weighted by molar-refractivity contribution is 0.0953. The second-order valence-electron chi connectivity index (χ2n) is 5.84. The monoisotopic (exact) mass is 291 g/mol. The second-order valence-corrected chi connectivity index (χ2v) is 5.84. The van der Waals surface area contributed by atoms with Gasteiger partial charge in [-0.05, 0) is 59.3 Å². The lowest BCUT2D eigenvalue weighted by Crippen LogP contribution is -2.29. The Bertz CT molecular complexity index is 457. The third-order valence-electron chi connectivity index (χ3n) is 3.79. The molecule has 1 rings (SSSR count). The van der Waals surface area contributed by atoms with Crippen molar-refractivity contribution < 1.29 is 4.79 Å². The van der Waals surface area contributed by atoms with Crippen molar-refractivity contribution in [3.63, 3.8) is 0 Å². The summed E-state index contributed by atoms with van der Waals surface area (Å²) in [6.45, 7) is 8.18. The molecule has 0 fully saturated rings. The van der Waals surface area contributed by atoms with E-state index in [0.29, 0.717) is 6.04 Å². The number of anilines is 1. The van der Waals surface area contributed by atoms with E-state index in [0.717, 1.165) is 42.7 Å². The maximum Gasteiger partial charge on any atom is 0.253 e. The Kier molecular flexibility index (Phi) is 7.23. The fraction of sp³-hybridized carbons (Fsp3) is 0.588. The van der Waals surface area contributed by atoms with Crippen molar-refractivity contribution in [1.29, 1.82) is 0 Å². The number of unbranched alkanes of at least 4 members (excludes halogenated alkanes) is 1. The summed E-state index contributed by atoms with van der Waals surface area (Å²) in [6, 6.07) is 6.45. The summed E-state index contributed by atoms with van der Waals surface area (Å²) >= 11 is 0. The normalized spacial score (nSPS) is 11.0. The molecule has 4 nitrogen and oxygen atoms in total. The van der Waals surface area contributed by atoms with Crippen LogP contribution < -0.4 is 10.6 Å². The zero-order valence-corrected chi connectivity index (χ0v) is 14.0. The minimum atomic E-state index is 0.000245. The van der Waals surface area contributed by atoms with Crippen molar-refractivity contribution in [1.82, 2.24) is 10.2 Å². The molecule has 1 aromatic carbocycles. The number of carbonyl (C=O) groups excluding carboxylic acids is 1. The van der Waals surface area contributed by atoms with Gasteiger partial charge in [0.25, 0.3) is 5.91 Å². The lowest BCUT2D eigenvalue weighted by Gasteiger charge is -2.20. The number of nitrogens with one attached hydrogen (secondary N) is 2. The van der Waals surface area contributed by atoms with E-state index < -0.39 is 0 Å². The predicted molar refractivity (Wildman–Crippen MR) is 90.1 cm³/mol. The first kappa shape index (κ1) is 17.5. The molecule has 0 bridgehead atoms. The van der Waals surface area contributed by atoms with E-state index in [1.54, 1.807) is 0 Å². The van der Waals surface area contributed by atoms with Crippen LogP contribution in [0.15, 0.2) is 18.2 Å². The molecule has 0 atom stereocenters. The number of nitrogens with zero attached hydrogens (tertiary/aromatic N) is 1. The van der Waals surface area contributed by atoms with Gasteiger partial charge in [0.05, 0.1) is 5.56 Å². The first-order valence-corrected chi connectivity index (χ1v) is 7.72. The molecule has 0 aliphatic heterocycles. The molecule has 0 saturated carbocycles. The predicted octanol–water partition coefficient (Wildman–Crippen LogP) is 2.89. The second kappa shape index (κ2) is 8.67. The van der Waals surface area contributed by atoms with Gasteiger partial charge in [0.1, 0.15) is 0 Å². The van der Waals surface area contributed by atoms with Gasteiger partial charge in [0.2, 0.25) is 0 Å². The average Bonchev–Trinajstić information content (AvgIpc) is 2.46. The van der Waals surface area contributed by atoms with Crippen LogP contribution in [0.4, 0.5) is 5.69 Å². The highest BCUT2D eigenvalue weighted by molar-refractivity contribution is 5.99. The van der Waals surface area contributed by atoms with Gasteiger partial charge in [0.15, 0.2) is 0 Å². The Morgan fingerprint density at radius 3 is 2.62 bits per heavy atom. The van der Waals surface area contributed by atoms with Crippen LogP contribution in [0.3, 0.4) is 0 Å². The third-order valence-corrected chi connectivity index (χ3v) is 3.79. The number of benzene rings is 1. The molecule has 4 heteroatoms. The minimum absolute atomic E-state index is 0.000245. The van der Waals surface area contributed by atoms with Crippen LogP contribution in [0.2, 0.25) is 0 Å². The Morgan fingerprint density at radius 1 is 1.29 bits per heavy atom. The summed E-state index contributed by atoms with van der Waals surface area (Å²) in [5.74, 6) is 0.000245. The fourth-order valence-corrected chi connectivity index (χ4v) is 2.11. The summed E-state index contributed by atoms with van der Waals surface area (Å²) in [5, 5.41) is 6.07. The van der Waals surface area contributed by atoms with Crippen LogP contribution >= 0.6 is 0 Å². The van der Waals surface area contributed by atoms with E-state index in [1.165, 1.54) is 0 Å². The molecule has 118 valence electrons. The molecule has 0 unspecified atom stereocenters. The number of rotatable bonds is 8. The molecule has 0 spiro atoms. The Labute approximate surface area is 128 Å². The highest BCUT2D eigenvalue weighted by Crippen LogP contribution is 2.16. The average molecular weight is 291 g/mol. The van der Waals surface area contributed by atoms with E-state index in [9.17, 15) is 4.79 Å². The Morgan fingerprint density at radius 2 is 2.00 bits per heavy atom. The van der Waals surface area contributed by atoms with Crippen LogP contribution in [-0.2, 0) is 0 Å². The van der Waals surface area contributed by atoms with Crippen molar-refractivity contribution in [2.24, 2.45) is 0 Å². The first-order chi connectivity index (χ1) is 9.95. The van der Waals surface area contributed by atoms with Crippen LogP contribution in [0.5, 0.6) is 0 Å². The standard InChI is InChI=1S/C17H29N3O/c1-13(2)20(5)11-7-6-10-19-17(21)15-12-14(3)8-9-16(15)18-4/h8-9,12-13,18H,6-7,10-11H2,1-5H3,(H,19,21). The van der Waals surface area contributed by atoms with Gasteiger partial charge in [-0.1, -0.05) is 11.6 Å². The molecule has 0 heterocycles. The van der Waals surface area contributed by atoms with Crippen molar-refractivity contribution in [3.05, 3.63) is 29.3 Å². The van der Waals surface area contributed by atoms with E-state index in [4.69, 9.17) is 0 Å². The van der Waals surface area contributed by atoms with E-state index >= 15 is 0 Å². The number of amides is 1. The molecule has 1 amide bonds. The minimum Gasteiger partial charge on any atom is -0.387 e. The molecule has 0 aromatic heterocycles. The number of hydrogen-bond donors (Lipinski definition) is 2. The van der Waals surface area contributed by atoms with Crippen molar-refractivity contribution in [2.75, 3.05) is 32.5 Å². The summed E-state index contributed by atoms with van der Waals surface area (Å²) in [5.41, 5.74) is 2.69. The van der Waals surface area contributed by atoms with Crippen molar-refractivity contribution in [3.8, 4) is 0 Å². The van der Waals surface area contributed by atoms with E-state index in [1.807, 2.05) is 32.2 Å². The van der Waals surface area contributed by atoms with Crippen molar-refractivity contribution >= 4 is 11.6 Å². The van der Waals surface area contributed by atoms with Gasteiger partial charge in [-0.15, -0.1) is 0 Å². The van der Waals surface area contributed by atoms with Crippen molar-refractivity contribution in [2.45, 2.75) is 39.7 Å². The largest absolute Gasteiger partial charge is 0.387 e. The molecular weight excluding hydrogens is 262 g/mol. The zero-order chi connectivity index (χ0) is 15.8. The van der Waals surface area contributed by atoms with Crippen LogP contribution in [-0.4, -0.2) is 44.0 Å². The molecule has 0 radical (unpaired) electrons. The quantitative estimate of drug-likeness (QED) is 0.724. The SMILES string of the molecule is CNc1ccc(C)cc1C(=O)NCCCCN(C)C(C)C. The molecule has 2 N–H and O–H groups in total. The summed E-state index contributed by atoms with van der Waals surface area (Å²) < 4.78 is 0. The van der Waals surface area contributed by atoms with E-state index in [2.05, 4.69) is 36.4 Å². The van der Waals surface area contributed by atoms with Crippen LogP contribution in [0.1, 0.15) is 42.6 Å². The van der Waals surface area contributed by atoms with Gasteiger partial charge in [-0.25, -0.2) is 0 Å². The van der Waals surface area contributed by atoms with Gasteiger partial charge in [-0.2, -0.15) is 0 Å². The number of aryl methyl sites for hydroxylation is 1. The summed E-state index contributed by atoms with van der Waals surface area (Å²) in [4.78, 5) is 14.5. The summed E-state index contributed by atoms with van der Waals surface area (Å²) in [7, 11) is 3.97. The van der Waals surface area contributed by atoms with E-state index in [-0.39, 0.29) is 5.91 Å². The van der Waals surface area contributed by atoms with Gasteiger partial charge in [0, 0.05) is 25.3 Å². The molecule has 1 aromatic rings. The lowest BCUT2D eigenvalue weighted by atomic mass is 10.1. The molecule has 21 heavy (non-hydrogen) atoms. The fourth-order valence-electron chi connectivity index (χ4n) is 2.11. The highest BCUT2D eigenvalue weighted by atomic mass is 16.1. The zero-order valence-electron chi connectivity index (χ0n) is 14.0. The highest BCUT2D eigenvalue weighted by Gasteiger charge is 2.10.